The van der Waals surface area contributed by atoms with Crippen LogP contribution in [0.5, 0.6) is 11.5 Å². The van der Waals surface area contributed by atoms with E-state index in [-0.39, 0.29) is 6.04 Å². The number of methoxy groups -OCH3 is 2. The van der Waals surface area contributed by atoms with Gasteiger partial charge in [0.2, 0.25) is 0 Å². The molecule has 0 saturated carbocycles. The Balaban J connectivity index is 2.49. The molecular weight excluding hydrogens is 264 g/mol. The average molecular weight is 286 g/mol. The number of hydrogen-bond acceptors (Lipinski definition) is 4. The van der Waals surface area contributed by atoms with Crippen LogP contribution in [0.1, 0.15) is 17.2 Å². The molecule has 0 heterocycles. The van der Waals surface area contributed by atoms with Crippen molar-refractivity contribution in [1.82, 2.24) is 0 Å². The number of rotatable bonds is 5. The third-order valence-electron chi connectivity index (χ3n) is 3.52. The fraction of sp³-hybridized carbons (Fsp3) is 0.294. The molecule has 1 atom stereocenters. The summed E-state index contributed by atoms with van der Waals surface area (Å²) in [5.74, 6) is 1.47. The van der Waals surface area contributed by atoms with Gasteiger partial charge in [0.15, 0.2) is 0 Å². The summed E-state index contributed by atoms with van der Waals surface area (Å²) in [7, 11) is 7.30. The highest BCUT2D eigenvalue weighted by atomic mass is 16.5. The van der Waals surface area contributed by atoms with E-state index in [2.05, 4.69) is 17.0 Å². The first-order valence-corrected chi connectivity index (χ1v) is 6.82. The molecular formula is C17H22N2O2. The largest absolute Gasteiger partial charge is 0.496 e. The molecule has 0 aliphatic heterocycles. The van der Waals surface area contributed by atoms with E-state index in [1.54, 1.807) is 14.2 Å². The second-order valence-electron chi connectivity index (χ2n) is 5.04. The molecule has 0 amide bonds. The molecule has 0 bridgehead atoms. The quantitative estimate of drug-likeness (QED) is 0.918. The van der Waals surface area contributed by atoms with Crippen molar-refractivity contribution in [2.75, 3.05) is 33.2 Å². The van der Waals surface area contributed by atoms with Crippen molar-refractivity contribution in [3.8, 4) is 11.5 Å². The van der Waals surface area contributed by atoms with E-state index in [1.807, 2.05) is 44.4 Å². The molecule has 2 aromatic rings. The Hall–Kier alpha value is -2.20. The lowest BCUT2D eigenvalue weighted by Crippen LogP contribution is -2.16. The van der Waals surface area contributed by atoms with Crippen LogP contribution in [0, 0.1) is 0 Å². The normalized spacial score (nSPS) is 11.9. The molecule has 0 saturated heterocycles. The lowest BCUT2D eigenvalue weighted by molar-refractivity contribution is 0.382. The van der Waals surface area contributed by atoms with Crippen molar-refractivity contribution in [1.29, 1.82) is 0 Å². The standard InChI is InChI=1S/C17H22N2O2/c1-19(2)13-8-5-7-12(11-13)17(18)16-14(20-3)9-6-10-15(16)21-4/h5-11,17H,18H2,1-4H3. The molecule has 2 N–H and O–H groups in total. The van der Waals surface area contributed by atoms with Crippen LogP contribution in [0.25, 0.3) is 0 Å². The maximum atomic E-state index is 6.46. The minimum absolute atomic E-state index is 0.309. The van der Waals surface area contributed by atoms with Crippen molar-refractivity contribution in [3.63, 3.8) is 0 Å². The minimum atomic E-state index is -0.309. The Bertz CT molecular complexity index is 589. The van der Waals surface area contributed by atoms with Gasteiger partial charge in [-0.2, -0.15) is 0 Å². The van der Waals surface area contributed by atoms with Crippen LogP contribution < -0.4 is 20.1 Å². The Kier molecular flexibility index (Phi) is 4.70. The summed E-state index contributed by atoms with van der Waals surface area (Å²) < 4.78 is 10.9. The van der Waals surface area contributed by atoms with Gasteiger partial charge in [0.05, 0.1) is 25.8 Å². The predicted octanol–water partition coefficient (Wildman–Crippen LogP) is 2.82. The van der Waals surface area contributed by atoms with Crippen molar-refractivity contribution in [3.05, 3.63) is 53.6 Å². The zero-order valence-corrected chi connectivity index (χ0v) is 13.0. The first-order valence-electron chi connectivity index (χ1n) is 6.82. The number of anilines is 1. The lowest BCUT2D eigenvalue weighted by Gasteiger charge is -2.21. The number of nitrogens with zero attached hydrogens (tertiary/aromatic N) is 1. The van der Waals surface area contributed by atoms with E-state index < -0.39 is 0 Å². The fourth-order valence-electron chi connectivity index (χ4n) is 2.35. The minimum Gasteiger partial charge on any atom is -0.496 e. The highest BCUT2D eigenvalue weighted by molar-refractivity contribution is 5.54. The van der Waals surface area contributed by atoms with E-state index in [4.69, 9.17) is 15.2 Å². The smallest absolute Gasteiger partial charge is 0.127 e. The zero-order chi connectivity index (χ0) is 15.4. The molecule has 4 heteroatoms. The average Bonchev–Trinajstić information content (AvgIpc) is 2.53. The maximum absolute atomic E-state index is 6.46. The number of nitrogens with two attached hydrogens (primary N) is 1. The van der Waals surface area contributed by atoms with Crippen LogP contribution in [0.2, 0.25) is 0 Å². The number of hydrogen-bond donors (Lipinski definition) is 1. The van der Waals surface area contributed by atoms with Gasteiger partial charge in [-0.15, -0.1) is 0 Å². The lowest BCUT2D eigenvalue weighted by atomic mass is 9.97. The van der Waals surface area contributed by atoms with Crippen LogP contribution in [-0.2, 0) is 0 Å². The molecule has 0 aliphatic carbocycles. The molecule has 4 nitrogen and oxygen atoms in total. The Morgan fingerprint density at radius 2 is 1.52 bits per heavy atom. The summed E-state index contributed by atoms with van der Waals surface area (Å²) in [5.41, 5.74) is 9.44. The molecule has 0 fully saturated rings. The maximum Gasteiger partial charge on any atom is 0.127 e. The Labute approximate surface area is 126 Å². The van der Waals surface area contributed by atoms with Gasteiger partial charge in [0.25, 0.3) is 0 Å². The van der Waals surface area contributed by atoms with Crippen LogP contribution in [0.3, 0.4) is 0 Å². The van der Waals surface area contributed by atoms with Crippen molar-refractivity contribution in [2.24, 2.45) is 5.73 Å². The van der Waals surface area contributed by atoms with Crippen LogP contribution >= 0.6 is 0 Å². The molecule has 2 aromatic carbocycles. The highest BCUT2D eigenvalue weighted by Crippen LogP contribution is 2.36. The topological polar surface area (TPSA) is 47.7 Å². The Morgan fingerprint density at radius 3 is 2.05 bits per heavy atom. The number of ether oxygens (including phenoxy) is 2. The monoisotopic (exact) mass is 286 g/mol. The van der Waals surface area contributed by atoms with Crippen molar-refractivity contribution >= 4 is 5.69 Å². The van der Waals surface area contributed by atoms with Gasteiger partial charge in [-0.1, -0.05) is 18.2 Å². The fourth-order valence-corrected chi connectivity index (χ4v) is 2.35. The predicted molar refractivity (Wildman–Crippen MR) is 86.3 cm³/mol. The van der Waals surface area contributed by atoms with Gasteiger partial charge in [-0.05, 0) is 29.8 Å². The number of benzene rings is 2. The summed E-state index contributed by atoms with van der Waals surface area (Å²) in [5, 5.41) is 0. The van der Waals surface area contributed by atoms with Crippen LogP contribution in [0.4, 0.5) is 5.69 Å². The molecule has 21 heavy (non-hydrogen) atoms. The van der Waals surface area contributed by atoms with Crippen molar-refractivity contribution < 1.29 is 9.47 Å². The van der Waals surface area contributed by atoms with Gasteiger partial charge in [0, 0.05) is 19.8 Å². The summed E-state index contributed by atoms with van der Waals surface area (Å²) in [6, 6.07) is 13.5. The van der Waals surface area contributed by atoms with E-state index in [0.29, 0.717) is 0 Å². The van der Waals surface area contributed by atoms with E-state index >= 15 is 0 Å². The van der Waals surface area contributed by atoms with E-state index in [0.717, 1.165) is 28.3 Å². The SMILES string of the molecule is COc1cccc(OC)c1C(N)c1cccc(N(C)C)c1. The highest BCUT2D eigenvalue weighted by Gasteiger charge is 2.19. The molecule has 1 unspecified atom stereocenters. The van der Waals surface area contributed by atoms with E-state index in [1.165, 1.54) is 0 Å². The molecule has 2 rings (SSSR count). The van der Waals surface area contributed by atoms with Gasteiger partial charge >= 0.3 is 0 Å². The second-order valence-corrected chi connectivity index (χ2v) is 5.04. The summed E-state index contributed by atoms with van der Waals surface area (Å²) >= 11 is 0. The molecule has 0 radical (unpaired) electrons. The van der Waals surface area contributed by atoms with Crippen LogP contribution in [0.15, 0.2) is 42.5 Å². The van der Waals surface area contributed by atoms with Crippen molar-refractivity contribution in [2.45, 2.75) is 6.04 Å². The Morgan fingerprint density at radius 1 is 0.952 bits per heavy atom. The first-order chi connectivity index (χ1) is 10.1. The zero-order valence-electron chi connectivity index (χ0n) is 13.0. The van der Waals surface area contributed by atoms with Gasteiger partial charge in [-0.3, -0.25) is 0 Å². The molecule has 0 spiro atoms. The summed E-state index contributed by atoms with van der Waals surface area (Å²) in [6.07, 6.45) is 0. The van der Waals surface area contributed by atoms with Gasteiger partial charge in [0.1, 0.15) is 11.5 Å². The molecule has 0 aliphatic rings. The second kappa shape index (κ2) is 6.50. The molecule has 0 aromatic heterocycles. The first kappa shape index (κ1) is 15.2. The van der Waals surface area contributed by atoms with E-state index in [9.17, 15) is 0 Å². The molecule has 112 valence electrons. The summed E-state index contributed by atoms with van der Waals surface area (Å²) in [4.78, 5) is 2.05. The third kappa shape index (κ3) is 3.11. The summed E-state index contributed by atoms with van der Waals surface area (Å²) in [6.45, 7) is 0. The van der Waals surface area contributed by atoms with Crippen LogP contribution in [-0.4, -0.2) is 28.3 Å². The van der Waals surface area contributed by atoms with Gasteiger partial charge in [-0.25, -0.2) is 0 Å². The third-order valence-corrected chi connectivity index (χ3v) is 3.52. The van der Waals surface area contributed by atoms with Gasteiger partial charge < -0.3 is 20.1 Å².